The molecule has 1 aliphatic heterocycles. The highest BCUT2D eigenvalue weighted by Crippen LogP contribution is 2.22. The Bertz CT molecular complexity index is 609. The van der Waals surface area contributed by atoms with E-state index in [0.717, 1.165) is 42.3 Å². The molecule has 1 saturated heterocycles. The fourth-order valence-electron chi connectivity index (χ4n) is 3.09. The lowest BCUT2D eigenvalue weighted by Crippen LogP contribution is -2.46. The molecule has 1 fully saturated rings. The molecule has 0 radical (unpaired) electrons. The fraction of sp³-hybridized carbons (Fsp3) is 0.611. The molecule has 22 heavy (non-hydrogen) atoms. The van der Waals surface area contributed by atoms with Crippen LogP contribution in [-0.2, 0) is 6.42 Å². The maximum atomic E-state index is 4.59. The van der Waals surface area contributed by atoms with E-state index in [1.807, 2.05) is 0 Å². The number of hydrogen-bond acceptors (Lipinski definition) is 3. The van der Waals surface area contributed by atoms with Gasteiger partial charge in [-0.3, -0.25) is 4.90 Å². The van der Waals surface area contributed by atoms with Crippen LogP contribution in [0.25, 0.3) is 11.0 Å². The summed E-state index contributed by atoms with van der Waals surface area (Å²) in [6.45, 7) is 12.6. The largest absolute Gasteiger partial charge is 0.369 e. The van der Waals surface area contributed by atoms with Gasteiger partial charge in [0.25, 0.3) is 0 Å². The van der Waals surface area contributed by atoms with Crippen molar-refractivity contribution in [3.05, 3.63) is 24.0 Å². The van der Waals surface area contributed by atoms with Crippen LogP contribution in [0.3, 0.4) is 0 Å². The number of fused-ring (bicyclic) bond motifs is 1. The highest BCUT2D eigenvalue weighted by Gasteiger charge is 2.17. The molecule has 0 aliphatic carbocycles. The minimum atomic E-state index is 0.800. The predicted molar refractivity (Wildman–Crippen MR) is 93.6 cm³/mol. The molecule has 1 N–H and O–H groups in total. The van der Waals surface area contributed by atoms with Crippen molar-refractivity contribution >= 4 is 16.7 Å². The molecular formula is C18H28N4. The third-order valence-corrected chi connectivity index (χ3v) is 4.61. The van der Waals surface area contributed by atoms with E-state index in [0.29, 0.717) is 0 Å². The van der Waals surface area contributed by atoms with E-state index in [1.54, 1.807) is 0 Å². The van der Waals surface area contributed by atoms with Crippen LogP contribution < -0.4 is 4.90 Å². The second-order valence-corrected chi connectivity index (χ2v) is 6.75. The first kappa shape index (κ1) is 15.3. The van der Waals surface area contributed by atoms with Crippen molar-refractivity contribution in [2.45, 2.75) is 33.6 Å². The minimum Gasteiger partial charge on any atom is -0.369 e. The highest BCUT2D eigenvalue weighted by molar-refractivity contribution is 5.79. The number of aromatic nitrogens is 2. The number of piperazine rings is 1. The predicted octanol–water partition coefficient (Wildman–Crippen LogP) is 3.29. The summed E-state index contributed by atoms with van der Waals surface area (Å²) in [4.78, 5) is 13.1. The van der Waals surface area contributed by atoms with Crippen LogP contribution in [0.5, 0.6) is 0 Å². The van der Waals surface area contributed by atoms with Crippen LogP contribution in [0.15, 0.2) is 18.2 Å². The number of aryl methyl sites for hydroxylation is 1. The smallest absolute Gasteiger partial charge is 0.106 e. The van der Waals surface area contributed by atoms with Gasteiger partial charge in [0, 0.05) is 38.3 Å². The van der Waals surface area contributed by atoms with Crippen molar-refractivity contribution in [2.75, 3.05) is 37.6 Å². The van der Waals surface area contributed by atoms with Crippen molar-refractivity contribution in [3.8, 4) is 0 Å². The first-order valence-corrected chi connectivity index (χ1v) is 8.61. The Hall–Kier alpha value is -1.55. The Labute approximate surface area is 133 Å². The summed E-state index contributed by atoms with van der Waals surface area (Å²) >= 11 is 0. The molecule has 0 saturated carbocycles. The van der Waals surface area contributed by atoms with Crippen molar-refractivity contribution in [1.82, 2.24) is 14.9 Å². The van der Waals surface area contributed by atoms with Gasteiger partial charge >= 0.3 is 0 Å². The summed E-state index contributed by atoms with van der Waals surface area (Å²) in [5.41, 5.74) is 3.56. The molecule has 2 heterocycles. The van der Waals surface area contributed by atoms with Crippen LogP contribution in [0.4, 0.5) is 5.69 Å². The number of rotatable bonds is 5. The highest BCUT2D eigenvalue weighted by atomic mass is 15.3. The monoisotopic (exact) mass is 300 g/mol. The zero-order chi connectivity index (χ0) is 15.5. The summed E-state index contributed by atoms with van der Waals surface area (Å²) in [5.74, 6) is 1.87. The number of nitrogens with one attached hydrogen (secondary N) is 1. The fourth-order valence-corrected chi connectivity index (χ4v) is 3.09. The van der Waals surface area contributed by atoms with Gasteiger partial charge in [0.05, 0.1) is 11.0 Å². The Morgan fingerprint density at radius 2 is 1.95 bits per heavy atom. The number of nitrogens with zero attached hydrogens (tertiary/aromatic N) is 3. The molecule has 0 spiro atoms. The van der Waals surface area contributed by atoms with Crippen molar-refractivity contribution in [1.29, 1.82) is 0 Å². The van der Waals surface area contributed by atoms with E-state index in [2.05, 4.69) is 58.7 Å². The third-order valence-electron chi connectivity index (χ3n) is 4.61. The van der Waals surface area contributed by atoms with Crippen LogP contribution in [0.1, 0.15) is 33.0 Å². The molecule has 0 bridgehead atoms. The molecule has 0 atom stereocenters. The first-order chi connectivity index (χ1) is 10.7. The Balaban J connectivity index is 1.63. The zero-order valence-electron chi connectivity index (χ0n) is 14.1. The van der Waals surface area contributed by atoms with Crippen LogP contribution in [0.2, 0.25) is 0 Å². The molecule has 1 aromatic heterocycles. The minimum absolute atomic E-state index is 0.800. The number of H-pyrrole nitrogens is 1. The summed E-state index contributed by atoms with van der Waals surface area (Å²) in [7, 11) is 0. The van der Waals surface area contributed by atoms with Gasteiger partial charge in [0.2, 0.25) is 0 Å². The number of anilines is 1. The summed E-state index contributed by atoms with van der Waals surface area (Å²) < 4.78 is 0. The van der Waals surface area contributed by atoms with Crippen LogP contribution in [0, 0.1) is 5.92 Å². The Morgan fingerprint density at radius 3 is 2.64 bits per heavy atom. The molecule has 1 aromatic carbocycles. The quantitative estimate of drug-likeness (QED) is 0.920. The third kappa shape index (κ3) is 3.43. The topological polar surface area (TPSA) is 35.2 Å². The van der Waals surface area contributed by atoms with E-state index >= 15 is 0 Å². The first-order valence-electron chi connectivity index (χ1n) is 8.61. The van der Waals surface area contributed by atoms with Crippen molar-refractivity contribution < 1.29 is 0 Å². The van der Waals surface area contributed by atoms with Gasteiger partial charge in [-0.25, -0.2) is 4.98 Å². The molecule has 4 nitrogen and oxygen atoms in total. The lowest BCUT2D eigenvalue weighted by molar-refractivity contribution is 0.244. The Kier molecular flexibility index (Phi) is 4.67. The standard InChI is InChI=1S/C18H28N4/c1-4-18-19-16-6-5-15(13-17(16)20-18)22-11-9-21(10-12-22)8-7-14(2)3/h5-6,13-14H,4,7-12H2,1-3H3,(H,19,20). The van der Waals surface area contributed by atoms with Gasteiger partial charge in [-0.2, -0.15) is 0 Å². The maximum Gasteiger partial charge on any atom is 0.106 e. The normalized spacial score (nSPS) is 16.8. The van der Waals surface area contributed by atoms with Crippen molar-refractivity contribution in [3.63, 3.8) is 0 Å². The SMILES string of the molecule is CCc1nc2ccc(N3CCN(CCC(C)C)CC3)cc2[nH]1. The van der Waals surface area contributed by atoms with Crippen LogP contribution >= 0.6 is 0 Å². The molecule has 120 valence electrons. The lowest BCUT2D eigenvalue weighted by Gasteiger charge is -2.36. The molecular weight excluding hydrogens is 272 g/mol. The number of hydrogen-bond donors (Lipinski definition) is 1. The summed E-state index contributed by atoms with van der Waals surface area (Å²) in [6, 6.07) is 6.61. The molecule has 0 amide bonds. The molecule has 4 heteroatoms. The second-order valence-electron chi connectivity index (χ2n) is 6.75. The summed E-state index contributed by atoms with van der Waals surface area (Å²) in [6.07, 6.45) is 2.26. The molecule has 1 aliphatic rings. The van der Waals surface area contributed by atoms with E-state index in [9.17, 15) is 0 Å². The average molecular weight is 300 g/mol. The number of benzene rings is 1. The molecule has 0 unspecified atom stereocenters. The van der Waals surface area contributed by atoms with Gasteiger partial charge in [-0.15, -0.1) is 0 Å². The van der Waals surface area contributed by atoms with E-state index in [-0.39, 0.29) is 0 Å². The van der Waals surface area contributed by atoms with Gasteiger partial charge in [0.1, 0.15) is 5.82 Å². The molecule has 3 rings (SSSR count). The average Bonchev–Trinajstić information content (AvgIpc) is 2.95. The van der Waals surface area contributed by atoms with Gasteiger partial charge in [-0.05, 0) is 37.1 Å². The second kappa shape index (κ2) is 6.69. The lowest BCUT2D eigenvalue weighted by atomic mass is 10.1. The van der Waals surface area contributed by atoms with E-state index in [1.165, 1.54) is 31.7 Å². The zero-order valence-corrected chi connectivity index (χ0v) is 14.1. The summed E-state index contributed by atoms with van der Waals surface area (Å²) in [5, 5.41) is 0. The van der Waals surface area contributed by atoms with Gasteiger partial charge in [0.15, 0.2) is 0 Å². The van der Waals surface area contributed by atoms with Gasteiger partial charge in [-0.1, -0.05) is 20.8 Å². The van der Waals surface area contributed by atoms with Crippen LogP contribution in [-0.4, -0.2) is 47.6 Å². The van der Waals surface area contributed by atoms with E-state index < -0.39 is 0 Å². The number of aromatic amines is 1. The van der Waals surface area contributed by atoms with E-state index in [4.69, 9.17) is 0 Å². The number of imidazole rings is 1. The van der Waals surface area contributed by atoms with Crippen molar-refractivity contribution in [2.24, 2.45) is 5.92 Å². The maximum absolute atomic E-state index is 4.59. The Morgan fingerprint density at radius 1 is 1.18 bits per heavy atom. The molecule has 2 aromatic rings. The van der Waals surface area contributed by atoms with Gasteiger partial charge < -0.3 is 9.88 Å².